The Kier molecular flexibility index (Phi) is 5.66. The van der Waals surface area contributed by atoms with Crippen molar-refractivity contribution in [3.63, 3.8) is 0 Å². The summed E-state index contributed by atoms with van der Waals surface area (Å²) in [7, 11) is 1.69. The van der Waals surface area contributed by atoms with Crippen molar-refractivity contribution >= 4 is 22.0 Å². The average molecular weight is 330 g/mol. The van der Waals surface area contributed by atoms with Gasteiger partial charge in [0.15, 0.2) is 0 Å². The molecule has 0 radical (unpaired) electrons. The van der Waals surface area contributed by atoms with Gasteiger partial charge in [-0.2, -0.15) is 0 Å². The average Bonchev–Trinajstić information content (AvgIpc) is 2.26. The lowest BCUT2D eigenvalue weighted by atomic mass is 10.2. The second-order valence-corrected chi connectivity index (χ2v) is 6.12. The Morgan fingerprint density at radius 1 is 1.37 bits per heavy atom. The van der Waals surface area contributed by atoms with Gasteiger partial charge in [0.05, 0.1) is 6.54 Å². The van der Waals surface area contributed by atoms with Crippen molar-refractivity contribution < 1.29 is 14.3 Å². The number of hydrogen-bond acceptors (Lipinski definition) is 3. The largest absolute Gasteiger partial charge is 0.492 e. The van der Waals surface area contributed by atoms with Crippen molar-refractivity contribution in [3.05, 3.63) is 28.7 Å². The predicted molar refractivity (Wildman–Crippen MR) is 78.5 cm³/mol. The first kappa shape index (κ1) is 15.8. The van der Waals surface area contributed by atoms with Gasteiger partial charge in [-0.25, -0.2) is 4.79 Å². The summed E-state index contributed by atoms with van der Waals surface area (Å²) in [4.78, 5) is 13.2. The van der Waals surface area contributed by atoms with E-state index in [-0.39, 0.29) is 6.09 Å². The lowest BCUT2D eigenvalue weighted by Gasteiger charge is -2.24. The monoisotopic (exact) mass is 329 g/mol. The van der Waals surface area contributed by atoms with Gasteiger partial charge in [0, 0.05) is 11.5 Å². The quantitative estimate of drug-likeness (QED) is 0.845. The lowest BCUT2D eigenvalue weighted by molar-refractivity contribution is 0.0278. The molecule has 0 N–H and O–H groups in total. The fourth-order valence-corrected chi connectivity index (χ4v) is 1.67. The van der Waals surface area contributed by atoms with Crippen LogP contribution in [0, 0.1) is 0 Å². The Morgan fingerprint density at radius 2 is 2.05 bits per heavy atom. The molecule has 1 aromatic carbocycles. The van der Waals surface area contributed by atoms with Crippen molar-refractivity contribution in [2.45, 2.75) is 26.4 Å². The van der Waals surface area contributed by atoms with E-state index in [0.717, 1.165) is 10.2 Å². The Bertz CT molecular complexity index is 429. The van der Waals surface area contributed by atoms with Crippen LogP contribution in [0.3, 0.4) is 0 Å². The van der Waals surface area contributed by atoms with Gasteiger partial charge in [0.2, 0.25) is 0 Å². The number of hydrogen-bond donors (Lipinski definition) is 0. The van der Waals surface area contributed by atoms with E-state index in [1.54, 1.807) is 7.05 Å². The molecule has 0 unspecified atom stereocenters. The van der Waals surface area contributed by atoms with Crippen molar-refractivity contribution in [1.82, 2.24) is 4.90 Å². The second-order valence-electron chi connectivity index (χ2n) is 5.21. The van der Waals surface area contributed by atoms with E-state index in [1.165, 1.54) is 4.90 Å². The first-order valence-corrected chi connectivity index (χ1v) is 6.90. The third-order valence-electron chi connectivity index (χ3n) is 2.20. The highest BCUT2D eigenvalue weighted by atomic mass is 79.9. The molecule has 0 aliphatic carbocycles. The number of likely N-dealkylation sites (N-methyl/N-ethyl adjacent to an activating group) is 1. The van der Waals surface area contributed by atoms with Crippen molar-refractivity contribution in [3.8, 4) is 5.75 Å². The van der Waals surface area contributed by atoms with Crippen LogP contribution in [0.25, 0.3) is 0 Å². The van der Waals surface area contributed by atoms with Crippen LogP contribution in [-0.4, -0.2) is 36.8 Å². The van der Waals surface area contributed by atoms with E-state index in [0.29, 0.717) is 13.2 Å². The summed E-state index contributed by atoms with van der Waals surface area (Å²) in [6.45, 7) is 6.43. The number of amides is 1. The number of rotatable bonds is 4. The maximum absolute atomic E-state index is 11.7. The van der Waals surface area contributed by atoms with Gasteiger partial charge < -0.3 is 14.4 Å². The highest BCUT2D eigenvalue weighted by Crippen LogP contribution is 2.17. The highest BCUT2D eigenvalue weighted by Gasteiger charge is 2.19. The zero-order valence-corrected chi connectivity index (χ0v) is 13.4. The Morgan fingerprint density at radius 3 is 2.63 bits per heavy atom. The second kappa shape index (κ2) is 6.80. The van der Waals surface area contributed by atoms with E-state index in [1.807, 2.05) is 45.0 Å². The van der Waals surface area contributed by atoms with Crippen LogP contribution in [0.4, 0.5) is 4.79 Å². The smallest absolute Gasteiger partial charge is 0.410 e. The summed E-state index contributed by atoms with van der Waals surface area (Å²) in [5.74, 6) is 0.770. The molecule has 106 valence electrons. The summed E-state index contributed by atoms with van der Waals surface area (Å²) in [5, 5.41) is 0. The summed E-state index contributed by atoms with van der Waals surface area (Å²) < 4.78 is 11.8. The summed E-state index contributed by atoms with van der Waals surface area (Å²) in [6, 6.07) is 7.59. The zero-order valence-electron chi connectivity index (χ0n) is 11.8. The van der Waals surface area contributed by atoms with Crippen molar-refractivity contribution in [2.24, 2.45) is 0 Å². The molecule has 4 nitrogen and oxygen atoms in total. The van der Waals surface area contributed by atoms with Crippen LogP contribution in [-0.2, 0) is 4.74 Å². The van der Waals surface area contributed by atoms with Crippen molar-refractivity contribution in [2.75, 3.05) is 20.2 Å². The minimum Gasteiger partial charge on any atom is -0.492 e. The van der Waals surface area contributed by atoms with Crippen LogP contribution in [0.15, 0.2) is 28.7 Å². The van der Waals surface area contributed by atoms with Gasteiger partial charge in [0.1, 0.15) is 18.0 Å². The fourth-order valence-electron chi connectivity index (χ4n) is 1.29. The molecule has 0 fully saturated rings. The molecule has 0 atom stereocenters. The number of nitrogens with zero attached hydrogens (tertiary/aromatic N) is 1. The van der Waals surface area contributed by atoms with Crippen LogP contribution < -0.4 is 4.74 Å². The fraction of sp³-hybridized carbons (Fsp3) is 0.500. The summed E-state index contributed by atoms with van der Waals surface area (Å²) in [6.07, 6.45) is -0.342. The lowest BCUT2D eigenvalue weighted by Crippen LogP contribution is -2.36. The third-order valence-corrected chi connectivity index (χ3v) is 2.69. The van der Waals surface area contributed by atoms with Crippen molar-refractivity contribution in [1.29, 1.82) is 0 Å². The number of benzene rings is 1. The number of carbonyl (C=O) groups excluding carboxylic acids is 1. The molecule has 0 spiro atoms. The van der Waals surface area contributed by atoms with Crippen LogP contribution in [0.5, 0.6) is 5.75 Å². The molecular formula is C14H20BrNO3. The molecule has 0 bridgehead atoms. The van der Waals surface area contributed by atoms with Gasteiger partial charge in [-0.05, 0) is 39.0 Å². The van der Waals surface area contributed by atoms with Gasteiger partial charge >= 0.3 is 6.09 Å². The van der Waals surface area contributed by atoms with Crippen LogP contribution >= 0.6 is 15.9 Å². The van der Waals surface area contributed by atoms with E-state index < -0.39 is 5.60 Å². The SMILES string of the molecule is CN(CCOc1cccc(Br)c1)C(=O)OC(C)(C)C. The van der Waals surface area contributed by atoms with E-state index in [2.05, 4.69) is 15.9 Å². The molecule has 5 heteroatoms. The van der Waals surface area contributed by atoms with Gasteiger partial charge in [0.25, 0.3) is 0 Å². The Labute approximate surface area is 122 Å². The molecule has 1 rings (SSSR count). The standard InChI is InChI=1S/C14H20BrNO3/c1-14(2,3)19-13(17)16(4)8-9-18-12-7-5-6-11(15)10-12/h5-7,10H,8-9H2,1-4H3. The molecule has 0 saturated heterocycles. The molecule has 0 saturated carbocycles. The molecule has 0 aliphatic heterocycles. The zero-order chi connectivity index (χ0) is 14.5. The first-order chi connectivity index (χ1) is 8.78. The predicted octanol–water partition coefficient (Wildman–Crippen LogP) is 3.69. The molecule has 0 aliphatic rings. The minimum absolute atomic E-state index is 0.342. The topological polar surface area (TPSA) is 38.8 Å². The minimum atomic E-state index is -0.476. The van der Waals surface area contributed by atoms with E-state index >= 15 is 0 Å². The summed E-state index contributed by atoms with van der Waals surface area (Å²) in [5.41, 5.74) is -0.476. The highest BCUT2D eigenvalue weighted by molar-refractivity contribution is 9.10. The summed E-state index contributed by atoms with van der Waals surface area (Å²) >= 11 is 3.37. The molecule has 0 aromatic heterocycles. The molecule has 0 heterocycles. The Balaban J connectivity index is 2.34. The number of ether oxygens (including phenoxy) is 2. The molecule has 1 amide bonds. The van der Waals surface area contributed by atoms with Gasteiger partial charge in [-0.1, -0.05) is 22.0 Å². The number of carbonyl (C=O) groups is 1. The van der Waals surface area contributed by atoms with Crippen LogP contribution in [0.2, 0.25) is 0 Å². The molecule has 1 aromatic rings. The van der Waals surface area contributed by atoms with E-state index in [4.69, 9.17) is 9.47 Å². The third kappa shape index (κ3) is 6.47. The number of halogens is 1. The normalized spacial score (nSPS) is 11.0. The van der Waals surface area contributed by atoms with Gasteiger partial charge in [-0.3, -0.25) is 0 Å². The first-order valence-electron chi connectivity index (χ1n) is 6.10. The van der Waals surface area contributed by atoms with Crippen LogP contribution in [0.1, 0.15) is 20.8 Å². The molecule has 19 heavy (non-hydrogen) atoms. The molecular weight excluding hydrogens is 310 g/mol. The van der Waals surface area contributed by atoms with E-state index in [9.17, 15) is 4.79 Å². The Hall–Kier alpha value is -1.23. The van der Waals surface area contributed by atoms with Gasteiger partial charge in [-0.15, -0.1) is 0 Å². The maximum atomic E-state index is 11.7. The maximum Gasteiger partial charge on any atom is 0.410 e.